The molecule has 4 aliphatic rings. The molecule has 0 radical (unpaired) electrons. The fourth-order valence-corrected chi connectivity index (χ4v) is 7.34. The SMILES string of the molecule is CCOC(=O)N1CCCC2CC(N3CCC4(CC3)c3ccccc3C(=O)C4(C)C)CC21. The first-order valence-corrected chi connectivity index (χ1v) is 12.2. The van der Waals surface area contributed by atoms with Crippen molar-refractivity contribution >= 4 is 11.9 Å². The van der Waals surface area contributed by atoms with Gasteiger partial charge in [0.2, 0.25) is 0 Å². The molecule has 3 atom stereocenters. The van der Waals surface area contributed by atoms with Crippen LogP contribution in [0.3, 0.4) is 0 Å². The van der Waals surface area contributed by atoms with E-state index in [0.29, 0.717) is 30.4 Å². The number of ketones is 1. The molecule has 3 unspecified atom stereocenters. The highest BCUT2D eigenvalue weighted by molar-refractivity contribution is 6.06. The molecule has 1 aromatic rings. The first kappa shape index (κ1) is 21.0. The van der Waals surface area contributed by atoms with Gasteiger partial charge in [0, 0.05) is 35.0 Å². The molecule has 1 amide bonds. The smallest absolute Gasteiger partial charge is 0.410 e. The van der Waals surface area contributed by atoms with Crippen molar-refractivity contribution < 1.29 is 14.3 Å². The molecule has 0 aromatic heterocycles. The fraction of sp³-hybridized carbons (Fsp3) is 0.692. The standard InChI is InChI=1S/C26H36N2O3/c1-4-31-24(30)28-13-7-8-18-16-19(17-22(18)28)27-14-11-26(12-15-27)21-10-6-5-9-20(21)23(29)25(26,2)3/h5-6,9-10,18-19,22H,4,7-8,11-17H2,1-3H3. The van der Waals surface area contributed by atoms with Gasteiger partial charge >= 0.3 is 6.09 Å². The van der Waals surface area contributed by atoms with Crippen molar-refractivity contribution in [3.8, 4) is 0 Å². The Bertz CT molecular complexity index is 871. The molecule has 1 aromatic carbocycles. The number of fused-ring (bicyclic) bond motifs is 3. The van der Waals surface area contributed by atoms with Crippen LogP contribution >= 0.6 is 0 Å². The summed E-state index contributed by atoms with van der Waals surface area (Å²) in [6, 6.07) is 9.17. The van der Waals surface area contributed by atoms with Crippen LogP contribution < -0.4 is 0 Å². The van der Waals surface area contributed by atoms with Gasteiger partial charge in [-0.15, -0.1) is 0 Å². The van der Waals surface area contributed by atoms with Crippen molar-refractivity contribution in [1.82, 2.24) is 9.80 Å². The molecule has 5 heteroatoms. The molecule has 31 heavy (non-hydrogen) atoms. The average Bonchev–Trinajstić information content (AvgIpc) is 3.28. The molecule has 5 nitrogen and oxygen atoms in total. The lowest BCUT2D eigenvalue weighted by Gasteiger charge is -2.48. The molecular formula is C26H36N2O3. The number of rotatable bonds is 2. The number of hydrogen-bond acceptors (Lipinski definition) is 4. The maximum absolute atomic E-state index is 13.2. The van der Waals surface area contributed by atoms with Crippen molar-refractivity contribution in [1.29, 1.82) is 0 Å². The van der Waals surface area contributed by atoms with E-state index in [2.05, 4.69) is 30.9 Å². The lowest BCUT2D eigenvalue weighted by Crippen LogP contribution is -2.52. The van der Waals surface area contributed by atoms with Crippen LogP contribution in [0.2, 0.25) is 0 Å². The van der Waals surface area contributed by atoms with Gasteiger partial charge in [-0.2, -0.15) is 0 Å². The summed E-state index contributed by atoms with van der Waals surface area (Å²) in [4.78, 5) is 30.3. The number of Topliss-reactive ketones (excluding diaryl/α,β-unsaturated/α-hetero) is 1. The summed E-state index contributed by atoms with van der Waals surface area (Å²) in [6.45, 7) is 9.55. The van der Waals surface area contributed by atoms with Gasteiger partial charge in [-0.05, 0) is 70.0 Å². The van der Waals surface area contributed by atoms with E-state index in [4.69, 9.17) is 4.74 Å². The molecule has 1 saturated carbocycles. The van der Waals surface area contributed by atoms with E-state index < -0.39 is 0 Å². The lowest BCUT2D eigenvalue weighted by molar-refractivity contribution is 0.0442. The maximum Gasteiger partial charge on any atom is 0.410 e. The number of amides is 1. The molecule has 3 fully saturated rings. The first-order valence-electron chi connectivity index (χ1n) is 12.2. The number of nitrogens with zero attached hydrogens (tertiary/aromatic N) is 2. The molecular weight excluding hydrogens is 388 g/mol. The quantitative estimate of drug-likeness (QED) is 0.694. The van der Waals surface area contributed by atoms with E-state index in [-0.39, 0.29) is 16.9 Å². The highest BCUT2D eigenvalue weighted by Gasteiger charge is 2.58. The monoisotopic (exact) mass is 424 g/mol. The molecule has 0 bridgehead atoms. The number of ether oxygens (including phenoxy) is 1. The molecule has 168 valence electrons. The number of likely N-dealkylation sites (tertiary alicyclic amines) is 2. The average molecular weight is 425 g/mol. The summed E-state index contributed by atoms with van der Waals surface area (Å²) >= 11 is 0. The number of carbonyl (C=O) groups is 2. The Morgan fingerprint density at radius 1 is 1.13 bits per heavy atom. The Kier molecular flexibility index (Phi) is 5.16. The van der Waals surface area contributed by atoms with Gasteiger partial charge < -0.3 is 14.5 Å². The van der Waals surface area contributed by atoms with Gasteiger partial charge in [0.05, 0.1) is 6.61 Å². The highest BCUT2D eigenvalue weighted by atomic mass is 16.6. The van der Waals surface area contributed by atoms with Crippen LogP contribution in [0.15, 0.2) is 24.3 Å². The van der Waals surface area contributed by atoms with Crippen molar-refractivity contribution in [3.05, 3.63) is 35.4 Å². The van der Waals surface area contributed by atoms with Gasteiger partial charge in [0.1, 0.15) is 0 Å². The molecule has 2 aliphatic heterocycles. The fourth-order valence-electron chi connectivity index (χ4n) is 7.34. The first-order chi connectivity index (χ1) is 14.9. The van der Waals surface area contributed by atoms with Crippen LogP contribution in [-0.2, 0) is 10.2 Å². The second kappa shape index (κ2) is 7.61. The summed E-state index contributed by atoms with van der Waals surface area (Å²) in [5, 5.41) is 0. The second-order valence-corrected chi connectivity index (χ2v) is 10.6. The molecule has 2 heterocycles. The third kappa shape index (κ3) is 3.06. The molecule has 2 aliphatic carbocycles. The zero-order chi connectivity index (χ0) is 21.8. The van der Waals surface area contributed by atoms with Gasteiger partial charge in [-0.3, -0.25) is 4.79 Å². The zero-order valence-electron chi connectivity index (χ0n) is 19.2. The summed E-state index contributed by atoms with van der Waals surface area (Å²) < 4.78 is 5.34. The van der Waals surface area contributed by atoms with Crippen LogP contribution in [0.1, 0.15) is 75.2 Å². The molecule has 5 rings (SSSR count). The maximum atomic E-state index is 13.2. The normalized spacial score (nSPS) is 31.5. The number of hydrogen-bond donors (Lipinski definition) is 0. The number of carbonyl (C=O) groups excluding carboxylic acids is 2. The molecule has 1 spiro atoms. The summed E-state index contributed by atoms with van der Waals surface area (Å²) in [5.41, 5.74) is 1.84. The predicted molar refractivity (Wildman–Crippen MR) is 120 cm³/mol. The predicted octanol–water partition coefficient (Wildman–Crippen LogP) is 4.64. The van der Waals surface area contributed by atoms with E-state index in [1.165, 1.54) is 18.4 Å². The Balaban J connectivity index is 1.31. The van der Waals surface area contributed by atoms with Crippen LogP contribution in [0, 0.1) is 11.3 Å². The van der Waals surface area contributed by atoms with Crippen molar-refractivity contribution in [3.63, 3.8) is 0 Å². The number of piperidine rings is 2. The van der Waals surface area contributed by atoms with Crippen molar-refractivity contribution in [2.45, 2.75) is 76.8 Å². The summed E-state index contributed by atoms with van der Waals surface area (Å²) in [5.74, 6) is 0.915. The summed E-state index contributed by atoms with van der Waals surface area (Å²) in [7, 11) is 0. The Hall–Kier alpha value is -1.88. The van der Waals surface area contributed by atoms with Gasteiger partial charge in [0.15, 0.2) is 5.78 Å². The largest absolute Gasteiger partial charge is 0.450 e. The van der Waals surface area contributed by atoms with Crippen LogP contribution in [0.4, 0.5) is 4.79 Å². The highest BCUT2D eigenvalue weighted by Crippen LogP contribution is 2.57. The third-order valence-corrected chi connectivity index (χ3v) is 9.13. The third-order valence-electron chi connectivity index (χ3n) is 9.13. The van der Waals surface area contributed by atoms with E-state index >= 15 is 0 Å². The van der Waals surface area contributed by atoms with E-state index in [0.717, 1.165) is 50.9 Å². The van der Waals surface area contributed by atoms with Gasteiger partial charge in [-0.25, -0.2) is 4.79 Å². The van der Waals surface area contributed by atoms with Gasteiger partial charge in [0.25, 0.3) is 0 Å². The Morgan fingerprint density at radius 3 is 2.61 bits per heavy atom. The second-order valence-electron chi connectivity index (χ2n) is 10.6. The van der Waals surface area contributed by atoms with Crippen molar-refractivity contribution in [2.75, 3.05) is 26.2 Å². The van der Waals surface area contributed by atoms with Crippen molar-refractivity contribution in [2.24, 2.45) is 11.3 Å². The number of benzene rings is 1. The van der Waals surface area contributed by atoms with E-state index in [9.17, 15) is 9.59 Å². The van der Waals surface area contributed by atoms with E-state index in [1.807, 2.05) is 24.0 Å². The molecule has 0 N–H and O–H groups in total. The van der Waals surface area contributed by atoms with Crippen LogP contribution in [-0.4, -0.2) is 60.0 Å². The minimum atomic E-state index is -0.340. The Morgan fingerprint density at radius 2 is 1.87 bits per heavy atom. The minimum Gasteiger partial charge on any atom is -0.450 e. The van der Waals surface area contributed by atoms with E-state index in [1.54, 1.807) is 0 Å². The minimum absolute atomic E-state index is 0.0422. The van der Waals surface area contributed by atoms with Crippen LogP contribution in [0.25, 0.3) is 0 Å². The van der Waals surface area contributed by atoms with Gasteiger partial charge in [-0.1, -0.05) is 38.1 Å². The lowest BCUT2D eigenvalue weighted by atomic mass is 9.60. The van der Waals surface area contributed by atoms with Crippen LogP contribution in [0.5, 0.6) is 0 Å². The topological polar surface area (TPSA) is 49.9 Å². The zero-order valence-corrected chi connectivity index (χ0v) is 19.2. The summed E-state index contributed by atoms with van der Waals surface area (Å²) in [6.07, 6.45) is 6.51. The molecule has 2 saturated heterocycles. The Labute approximate surface area is 186 Å².